The summed E-state index contributed by atoms with van der Waals surface area (Å²) in [4.78, 5) is 8.10. The molecule has 3 aromatic rings. The summed E-state index contributed by atoms with van der Waals surface area (Å²) in [5.74, 6) is 1.79. The van der Waals surface area contributed by atoms with Gasteiger partial charge in [0.1, 0.15) is 12.1 Å². The van der Waals surface area contributed by atoms with E-state index in [0.29, 0.717) is 17.6 Å². The predicted octanol–water partition coefficient (Wildman–Crippen LogP) is 0.998. The van der Waals surface area contributed by atoms with Gasteiger partial charge in [-0.2, -0.15) is 14.9 Å². The molecule has 7 nitrogen and oxygen atoms in total. The van der Waals surface area contributed by atoms with Gasteiger partial charge in [0.2, 0.25) is 0 Å². The van der Waals surface area contributed by atoms with Crippen molar-refractivity contribution in [3.05, 3.63) is 24.3 Å². The van der Waals surface area contributed by atoms with Gasteiger partial charge in [0.15, 0.2) is 11.5 Å². The Morgan fingerprint density at radius 1 is 1.39 bits per heavy atom. The van der Waals surface area contributed by atoms with Crippen LogP contribution in [0.5, 0.6) is 0 Å². The van der Waals surface area contributed by atoms with Crippen molar-refractivity contribution in [3.63, 3.8) is 0 Å². The second kappa shape index (κ2) is 3.28. The van der Waals surface area contributed by atoms with Gasteiger partial charge in [0.05, 0.1) is 11.1 Å². The Hall–Kier alpha value is -2.44. The van der Waals surface area contributed by atoms with Crippen LogP contribution in [0.25, 0.3) is 16.9 Å². The van der Waals surface area contributed by atoms with Crippen molar-refractivity contribution in [2.24, 2.45) is 0 Å². The first-order chi connectivity index (χ1) is 8.84. The van der Waals surface area contributed by atoms with E-state index in [4.69, 9.17) is 5.73 Å². The fourth-order valence-corrected chi connectivity index (χ4v) is 2.17. The summed E-state index contributed by atoms with van der Waals surface area (Å²) in [7, 11) is 0. The second-order valence-corrected chi connectivity index (χ2v) is 4.47. The average molecular weight is 241 g/mol. The van der Waals surface area contributed by atoms with Crippen molar-refractivity contribution >= 4 is 16.9 Å². The van der Waals surface area contributed by atoms with Gasteiger partial charge in [0.25, 0.3) is 0 Å². The lowest BCUT2D eigenvalue weighted by Gasteiger charge is -1.98. The smallest absolute Gasteiger partial charge is 0.188 e. The highest BCUT2D eigenvalue weighted by atomic mass is 15.4. The van der Waals surface area contributed by atoms with E-state index in [-0.39, 0.29) is 0 Å². The molecule has 0 aromatic carbocycles. The third-order valence-electron chi connectivity index (χ3n) is 3.19. The minimum Gasteiger partial charge on any atom is -0.383 e. The molecule has 0 radical (unpaired) electrons. The summed E-state index contributed by atoms with van der Waals surface area (Å²) in [6, 6.07) is 1.80. The number of rotatable bonds is 2. The molecule has 0 amide bonds. The Morgan fingerprint density at radius 2 is 2.28 bits per heavy atom. The van der Waals surface area contributed by atoms with Crippen LogP contribution in [0.1, 0.15) is 24.5 Å². The zero-order valence-electron chi connectivity index (χ0n) is 9.54. The number of nitrogen functional groups attached to an aromatic ring is 1. The van der Waals surface area contributed by atoms with Gasteiger partial charge in [-0.15, -0.1) is 0 Å². The van der Waals surface area contributed by atoms with Crippen molar-refractivity contribution in [2.45, 2.75) is 18.8 Å². The molecule has 0 saturated heterocycles. The Bertz CT molecular complexity index is 708. The van der Waals surface area contributed by atoms with Gasteiger partial charge < -0.3 is 5.73 Å². The third-order valence-corrected chi connectivity index (χ3v) is 3.19. The van der Waals surface area contributed by atoms with Crippen molar-refractivity contribution in [1.29, 1.82) is 0 Å². The highest BCUT2D eigenvalue weighted by Gasteiger charge is 2.31. The van der Waals surface area contributed by atoms with Gasteiger partial charge in [-0.1, -0.05) is 0 Å². The number of aromatic nitrogens is 6. The summed E-state index contributed by atoms with van der Waals surface area (Å²) in [5, 5.41) is 12.6. The molecule has 0 unspecified atom stereocenters. The molecule has 18 heavy (non-hydrogen) atoms. The molecule has 1 saturated carbocycles. The first kappa shape index (κ1) is 9.58. The molecule has 1 aliphatic carbocycles. The van der Waals surface area contributed by atoms with Gasteiger partial charge in [-0.25, -0.2) is 9.97 Å². The summed E-state index contributed by atoms with van der Waals surface area (Å²) in [6.07, 6.45) is 5.51. The van der Waals surface area contributed by atoms with Crippen LogP contribution in [0, 0.1) is 0 Å². The van der Waals surface area contributed by atoms with Crippen molar-refractivity contribution in [2.75, 3.05) is 5.73 Å². The molecular weight excluding hydrogens is 230 g/mol. The minimum absolute atomic E-state index is 0.510. The van der Waals surface area contributed by atoms with E-state index in [1.165, 1.54) is 19.2 Å². The predicted molar refractivity (Wildman–Crippen MR) is 65.2 cm³/mol. The maximum absolute atomic E-state index is 5.93. The molecule has 7 heteroatoms. The molecule has 1 aliphatic rings. The topological polar surface area (TPSA) is 98.3 Å². The molecule has 90 valence electrons. The number of nitrogens with two attached hydrogens (primary N) is 1. The van der Waals surface area contributed by atoms with Crippen LogP contribution < -0.4 is 5.73 Å². The van der Waals surface area contributed by atoms with Crippen LogP contribution in [0.15, 0.2) is 18.6 Å². The van der Waals surface area contributed by atoms with Crippen LogP contribution in [-0.4, -0.2) is 29.9 Å². The molecule has 3 N–H and O–H groups in total. The quantitative estimate of drug-likeness (QED) is 0.697. The first-order valence-corrected chi connectivity index (χ1v) is 5.83. The first-order valence-electron chi connectivity index (χ1n) is 5.83. The summed E-state index contributed by atoms with van der Waals surface area (Å²) >= 11 is 0. The van der Waals surface area contributed by atoms with Gasteiger partial charge in [-0.05, 0) is 12.8 Å². The van der Waals surface area contributed by atoms with Gasteiger partial charge >= 0.3 is 0 Å². The monoisotopic (exact) mass is 241 g/mol. The van der Waals surface area contributed by atoms with E-state index in [1.807, 2.05) is 0 Å². The van der Waals surface area contributed by atoms with E-state index in [9.17, 15) is 0 Å². The zero-order valence-corrected chi connectivity index (χ0v) is 9.54. The van der Waals surface area contributed by atoms with Crippen LogP contribution >= 0.6 is 0 Å². The molecule has 0 aliphatic heterocycles. The van der Waals surface area contributed by atoms with Crippen LogP contribution in [-0.2, 0) is 0 Å². The minimum atomic E-state index is 0.510. The van der Waals surface area contributed by atoms with Gasteiger partial charge in [-0.3, -0.25) is 5.10 Å². The third kappa shape index (κ3) is 1.24. The second-order valence-electron chi connectivity index (χ2n) is 4.47. The average Bonchev–Trinajstić information content (AvgIpc) is 3.07. The number of hydrogen-bond donors (Lipinski definition) is 2. The van der Waals surface area contributed by atoms with Gasteiger partial charge in [0, 0.05) is 18.2 Å². The lowest BCUT2D eigenvalue weighted by molar-refractivity contribution is 0.812. The fourth-order valence-electron chi connectivity index (χ4n) is 2.17. The fraction of sp³-hybridized carbons (Fsp3) is 0.273. The Balaban J connectivity index is 2.01. The molecule has 0 atom stereocenters. The standard InChI is InChI=1S/C11H11N7/c12-10-8-9(6-1-2-6)17-18(11(8)16-15-10)7-3-4-13-5-14-7/h3-6H,1-2H2,(H3,12,15,16). The van der Waals surface area contributed by atoms with E-state index in [1.54, 1.807) is 16.9 Å². The molecule has 3 heterocycles. The highest BCUT2D eigenvalue weighted by molar-refractivity contribution is 5.90. The lowest BCUT2D eigenvalue weighted by atomic mass is 10.2. The van der Waals surface area contributed by atoms with Crippen molar-refractivity contribution in [3.8, 4) is 5.82 Å². The number of nitrogens with one attached hydrogen (secondary N) is 1. The number of hydrogen-bond acceptors (Lipinski definition) is 5. The number of aromatic amines is 1. The largest absolute Gasteiger partial charge is 0.383 e. The maximum Gasteiger partial charge on any atom is 0.188 e. The Kier molecular flexibility index (Phi) is 1.75. The van der Waals surface area contributed by atoms with Crippen molar-refractivity contribution in [1.82, 2.24) is 29.9 Å². The lowest BCUT2D eigenvalue weighted by Crippen LogP contribution is -2.01. The summed E-state index contributed by atoms with van der Waals surface area (Å²) < 4.78 is 1.72. The van der Waals surface area contributed by atoms with E-state index >= 15 is 0 Å². The number of nitrogens with zero attached hydrogens (tertiary/aromatic N) is 5. The highest BCUT2D eigenvalue weighted by Crippen LogP contribution is 2.43. The normalized spacial score (nSPS) is 15.3. The maximum atomic E-state index is 5.93. The SMILES string of the molecule is Nc1[nH]nc2c1c(C1CC1)nn2-c1ccncn1. The molecule has 3 aromatic heterocycles. The molecule has 0 bridgehead atoms. The van der Waals surface area contributed by atoms with E-state index in [2.05, 4.69) is 25.3 Å². The van der Waals surface area contributed by atoms with Crippen molar-refractivity contribution < 1.29 is 0 Å². The zero-order chi connectivity index (χ0) is 12.1. The Morgan fingerprint density at radius 3 is 3.00 bits per heavy atom. The van der Waals surface area contributed by atoms with Crippen LogP contribution in [0.4, 0.5) is 5.82 Å². The van der Waals surface area contributed by atoms with Crippen LogP contribution in [0.2, 0.25) is 0 Å². The molecular formula is C11H11N7. The van der Waals surface area contributed by atoms with E-state index in [0.717, 1.165) is 16.7 Å². The molecule has 0 spiro atoms. The molecule has 4 rings (SSSR count). The number of H-pyrrole nitrogens is 1. The molecule has 1 fully saturated rings. The number of anilines is 1. The number of fused-ring (bicyclic) bond motifs is 1. The summed E-state index contributed by atoms with van der Waals surface area (Å²) in [5.41, 5.74) is 7.68. The van der Waals surface area contributed by atoms with E-state index < -0.39 is 0 Å². The Labute approximate surface area is 102 Å². The van der Waals surface area contributed by atoms with Crippen LogP contribution in [0.3, 0.4) is 0 Å². The summed E-state index contributed by atoms with van der Waals surface area (Å²) in [6.45, 7) is 0.